The lowest BCUT2D eigenvalue weighted by Crippen LogP contribution is -2.08. The normalized spacial score (nSPS) is 10.2. The predicted octanol–water partition coefficient (Wildman–Crippen LogP) is 1.89. The zero-order valence-corrected chi connectivity index (χ0v) is 9.10. The number of fused-ring (bicyclic) bond motifs is 1. The Balaban J connectivity index is 2.68. The predicted molar refractivity (Wildman–Crippen MR) is 63.0 cm³/mol. The number of aromatic carboxylic acids is 1. The van der Waals surface area contributed by atoms with Gasteiger partial charge in [0.05, 0.1) is 16.8 Å². The Morgan fingerprint density at radius 2 is 2.12 bits per heavy atom. The molecule has 1 aromatic heterocycles. The zero-order chi connectivity index (χ0) is 12.4. The first-order valence-corrected chi connectivity index (χ1v) is 4.97. The van der Waals surface area contributed by atoms with Crippen molar-refractivity contribution in [2.75, 3.05) is 5.32 Å². The number of aromatic nitrogens is 1. The van der Waals surface area contributed by atoms with Gasteiger partial charge >= 0.3 is 5.97 Å². The molecule has 0 spiro atoms. The molecule has 1 heterocycles. The van der Waals surface area contributed by atoms with Crippen LogP contribution in [0.3, 0.4) is 0 Å². The number of hydrogen-bond acceptors (Lipinski definition) is 3. The summed E-state index contributed by atoms with van der Waals surface area (Å²) < 4.78 is 0. The lowest BCUT2D eigenvalue weighted by atomic mass is 10.1. The molecule has 17 heavy (non-hydrogen) atoms. The van der Waals surface area contributed by atoms with Gasteiger partial charge in [-0.2, -0.15) is 0 Å². The van der Waals surface area contributed by atoms with Crippen LogP contribution in [0, 0.1) is 0 Å². The number of carbonyl (C=O) groups excluding carboxylic acids is 1. The van der Waals surface area contributed by atoms with E-state index in [1.165, 1.54) is 19.1 Å². The second-order valence-electron chi connectivity index (χ2n) is 3.59. The van der Waals surface area contributed by atoms with Gasteiger partial charge in [0.25, 0.3) is 0 Å². The van der Waals surface area contributed by atoms with E-state index in [4.69, 9.17) is 5.11 Å². The Hall–Kier alpha value is -2.43. The van der Waals surface area contributed by atoms with Gasteiger partial charge in [-0.25, -0.2) is 4.79 Å². The monoisotopic (exact) mass is 230 g/mol. The lowest BCUT2D eigenvalue weighted by Gasteiger charge is -2.07. The average Bonchev–Trinajstić information content (AvgIpc) is 2.28. The SMILES string of the molecule is CC(=O)Nc1cc(C(=O)O)cc2cccnc12. The molecular weight excluding hydrogens is 220 g/mol. The fourth-order valence-corrected chi connectivity index (χ4v) is 1.60. The first kappa shape index (κ1) is 11.1. The molecule has 2 N–H and O–H groups in total. The third kappa shape index (κ3) is 2.23. The van der Waals surface area contributed by atoms with Crippen LogP contribution in [0.1, 0.15) is 17.3 Å². The molecule has 0 bridgehead atoms. The summed E-state index contributed by atoms with van der Waals surface area (Å²) in [5, 5.41) is 12.2. The van der Waals surface area contributed by atoms with Gasteiger partial charge in [0, 0.05) is 18.5 Å². The van der Waals surface area contributed by atoms with E-state index >= 15 is 0 Å². The van der Waals surface area contributed by atoms with Crippen LogP contribution in [-0.4, -0.2) is 22.0 Å². The summed E-state index contributed by atoms with van der Waals surface area (Å²) in [6, 6.07) is 6.39. The molecule has 2 rings (SSSR count). The number of nitrogens with zero attached hydrogens (tertiary/aromatic N) is 1. The van der Waals surface area contributed by atoms with E-state index in [1.807, 2.05) is 0 Å². The van der Waals surface area contributed by atoms with Crippen molar-refractivity contribution < 1.29 is 14.7 Å². The highest BCUT2D eigenvalue weighted by molar-refractivity contribution is 6.03. The van der Waals surface area contributed by atoms with E-state index in [9.17, 15) is 9.59 Å². The molecule has 0 aliphatic carbocycles. The minimum Gasteiger partial charge on any atom is -0.478 e. The molecular formula is C12H10N2O3. The van der Waals surface area contributed by atoms with Crippen LogP contribution in [0.25, 0.3) is 10.9 Å². The molecule has 0 fully saturated rings. The van der Waals surface area contributed by atoms with Crippen molar-refractivity contribution >= 4 is 28.5 Å². The maximum atomic E-state index is 11.1. The Labute approximate surface area is 97.1 Å². The topological polar surface area (TPSA) is 79.3 Å². The molecule has 0 saturated carbocycles. The van der Waals surface area contributed by atoms with Gasteiger partial charge < -0.3 is 10.4 Å². The number of benzene rings is 1. The van der Waals surface area contributed by atoms with Crippen molar-refractivity contribution in [2.24, 2.45) is 0 Å². The fourth-order valence-electron chi connectivity index (χ4n) is 1.60. The van der Waals surface area contributed by atoms with Crippen molar-refractivity contribution in [1.29, 1.82) is 0 Å². The number of carboxylic acids is 1. The maximum absolute atomic E-state index is 11.1. The molecule has 1 amide bonds. The van der Waals surface area contributed by atoms with E-state index in [1.54, 1.807) is 18.3 Å². The van der Waals surface area contributed by atoms with Crippen molar-refractivity contribution in [2.45, 2.75) is 6.92 Å². The molecule has 5 nitrogen and oxygen atoms in total. The Kier molecular flexibility index (Phi) is 2.74. The Bertz CT molecular complexity index is 608. The molecule has 0 atom stereocenters. The smallest absolute Gasteiger partial charge is 0.335 e. The molecule has 86 valence electrons. The van der Waals surface area contributed by atoms with Gasteiger partial charge in [0.2, 0.25) is 5.91 Å². The van der Waals surface area contributed by atoms with Crippen LogP contribution in [0.2, 0.25) is 0 Å². The number of amides is 1. The maximum Gasteiger partial charge on any atom is 0.335 e. The largest absolute Gasteiger partial charge is 0.478 e. The number of hydrogen-bond donors (Lipinski definition) is 2. The van der Waals surface area contributed by atoms with Gasteiger partial charge in [-0.1, -0.05) is 6.07 Å². The van der Waals surface area contributed by atoms with E-state index in [-0.39, 0.29) is 11.5 Å². The molecule has 2 aromatic rings. The third-order valence-corrected chi connectivity index (χ3v) is 2.26. The summed E-state index contributed by atoms with van der Waals surface area (Å²) in [6.07, 6.45) is 1.59. The van der Waals surface area contributed by atoms with E-state index in [0.717, 1.165) is 0 Å². The van der Waals surface area contributed by atoms with Gasteiger partial charge in [0.15, 0.2) is 0 Å². The number of carboxylic acid groups (broad SMARTS) is 1. The zero-order valence-electron chi connectivity index (χ0n) is 9.10. The highest BCUT2D eigenvalue weighted by Gasteiger charge is 2.10. The lowest BCUT2D eigenvalue weighted by molar-refractivity contribution is -0.114. The number of nitrogens with one attached hydrogen (secondary N) is 1. The number of carbonyl (C=O) groups is 2. The van der Waals surface area contributed by atoms with Crippen LogP contribution in [0.5, 0.6) is 0 Å². The van der Waals surface area contributed by atoms with Crippen molar-refractivity contribution in [1.82, 2.24) is 4.98 Å². The number of rotatable bonds is 2. The van der Waals surface area contributed by atoms with E-state index < -0.39 is 5.97 Å². The van der Waals surface area contributed by atoms with Crippen LogP contribution in [0.4, 0.5) is 5.69 Å². The summed E-state index contributed by atoms with van der Waals surface area (Å²) >= 11 is 0. The summed E-state index contributed by atoms with van der Waals surface area (Å²) in [4.78, 5) is 26.1. The molecule has 0 radical (unpaired) electrons. The minimum absolute atomic E-state index is 0.120. The first-order chi connectivity index (χ1) is 8.08. The van der Waals surface area contributed by atoms with Crippen LogP contribution >= 0.6 is 0 Å². The summed E-state index contributed by atoms with van der Waals surface area (Å²) in [6.45, 7) is 1.36. The van der Waals surface area contributed by atoms with Crippen molar-refractivity contribution in [3.05, 3.63) is 36.0 Å². The van der Waals surface area contributed by atoms with Gasteiger partial charge in [0.1, 0.15) is 0 Å². The quantitative estimate of drug-likeness (QED) is 0.825. The minimum atomic E-state index is -1.04. The standard InChI is InChI=1S/C12H10N2O3/c1-7(15)14-10-6-9(12(16)17)5-8-3-2-4-13-11(8)10/h2-6H,1H3,(H,14,15)(H,16,17). The Morgan fingerprint density at radius 1 is 1.35 bits per heavy atom. The van der Waals surface area contributed by atoms with Crippen molar-refractivity contribution in [3.8, 4) is 0 Å². The van der Waals surface area contributed by atoms with Crippen LogP contribution < -0.4 is 5.32 Å². The summed E-state index contributed by atoms with van der Waals surface area (Å²) in [5.74, 6) is -1.30. The van der Waals surface area contributed by atoms with Gasteiger partial charge in [-0.05, 0) is 18.2 Å². The molecule has 1 aromatic carbocycles. The second kappa shape index (κ2) is 4.21. The van der Waals surface area contributed by atoms with E-state index in [0.29, 0.717) is 16.6 Å². The molecule has 0 unspecified atom stereocenters. The molecule has 5 heteroatoms. The van der Waals surface area contributed by atoms with E-state index in [2.05, 4.69) is 10.3 Å². The van der Waals surface area contributed by atoms with Crippen LogP contribution in [0.15, 0.2) is 30.5 Å². The molecule has 0 aliphatic heterocycles. The van der Waals surface area contributed by atoms with Crippen LogP contribution in [-0.2, 0) is 4.79 Å². The van der Waals surface area contributed by atoms with Gasteiger partial charge in [-0.3, -0.25) is 9.78 Å². The summed E-state index contributed by atoms with van der Waals surface area (Å²) in [7, 11) is 0. The second-order valence-corrected chi connectivity index (χ2v) is 3.59. The van der Waals surface area contributed by atoms with Crippen molar-refractivity contribution in [3.63, 3.8) is 0 Å². The first-order valence-electron chi connectivity index (χ1n) is 4.97. The number of pyridine rings is 1. The number of anilines is 1. The summed E-state index contributed by atoms with van der Waals surface area (Å²) in [5.41, 5.74) is 1.11. The molecule has 0 aliphatic rings. The average molecular weight is 230 g/mol. The molecule has 0 saturated heterocycles. The highest BCUT2D eigenvalue weighted by Crippen LogP contribution is 2.23. The Morgan fingerprint density at radius 3 is 2.76 bits per heavy atom. The highest BCUT2D eigenvalue weighted by atomic mass is 16.4. The fraction of sp³-hybridized carbons (Fsp3) is 0.0833. The third-order valence-electron chi connectivity index (χ3n) is 2.26. The van der Waals surface area contributed by atoms with Gasteiger partial charge in [-0.15, -0.1) is 0 Å².